The van der Waals surface area contributed by atoms with Gasteiger partial charge in [-0.05, 0) is 42.8 Å². The standard InChI is InChI=1S/C16H13ClF2O5.C9H9N3O/c1-8-4-13(16(17,15(22)23)6-11(8)14(20)21)24-7-9-2-3-10(18)5-12(9)19;13-9-3-1-2-6-12(9)7-8-4-5-10-11-8/h2-5H,6-7H2,1H3,(H,20,21)(H,22,23);1-6H,7H2,(H,10,11). The van der Waals surface area contributed by atoms with E-state index in [0.29, 0.717) is 12.6 Å². The number of carboxylic acids is 2. The third-order valence-corrected chi connectivity index (χ3v) is 5.91. The van der Waals surface area contributed by atoms with Gasteiger partial charge in [0.25, 0.3) is 5.56 Å². The van der Waals surface area contributed by atoms with E-state index in [1.807, 2.05) is 12.1 Å². The van der Waals surface area contributed by atoms with Crippen molar-refractivity contribution in [2.24, 2.45) is 0 Å². The fraction of sp³-hybridized carbons (Fsp3) is 0.200. The van der Waals surface area contributed by atoms with E-state index in [1.54, 1.807) is 23.0 Å². The van der Waals surface area contributed by atoms with Gasteiger partial charge in [0.2, 0.25) is 4.87 Å². The van der Waals surface area contributed by atoms with Gasteiger partial charge in [-0.1, -0.05) is 17.7 Å². The first-order valence-corrected chi connectivity index (χ1v) is 11.2. The van der Waals surface area contributed by atoms with E-state index < -0.39 is 34.9 Å². The van der Waals surface area contributed by atoms with E-state index in [1.165, 1.54) is 19.1 Å². The van der Waals surface area contributed by atoms with Crippen molar-refractivity contribution in [2.45, 2.75) is 31.4 Å². The first kappa shape index (κ1) is 27.3. The first-order chi connectivity index (χ1) is 17.5. The highest BCUT2D eigenvalue weighted by molar-refractivity contribution is 6.36. The highest BCUT2D eigenvalue weighted by atomic mass is 35.5. The second kappa shape index (κ2) is 11.7. The fourth-order valence-corrected chi connectivity index (χ4v) is 3.63. The number of nitrogens with zero attached hydrogens (tertiary/aromatic N) is 2. The summed E-state index contributed by atoms with van der Waals surface area (Å²) in [5.74, 6) is -4.57. The maximum Gasteiger partial charge on any atom is 0.332 e. The van der Waals surface area contributed by atoms with Gasteiger partial charge < -0.3 is 19.5 Å². The second-order valence-corrected chi connectivity index (χ2v) is 8.68. The smallest absolute Gasteiger partial charge is 0.332 e. The normalized spacial score (nSPS) is 16.9. The molecule has 194 valence electrons. The maximum absolute atomic E-state index is 13.6. The van der Waals surface area contributed by atoms with Crippen LogP contribution in [0.25, 0.3) is 0 Å². The summed E-state index contributed by atoms with van der Waals surface area (Å²) in [6.07, 6.45) is 4.14. The van der Waals surface area contributed by atoms with Crippen LogP contribution in [-0.4, -0.2) is 41.8 Å². The van der Waals surface area contributed by atoms with Gasteiger partial charge in [-0.15, -0.1) is 0 Å². The van der Waals surface area contributed by atoms with Crippen LogP contribution in [0.2, 0.25) is 0 Å². The molecule has 1 aliphatic carbocycles. The van der Waals surface area contributed by atoms with Crippen LogP contribution in [0.1, 0.15) is 24.6 Å². The predicted molar refractivity (Wildman–Crippen MR) is 129 cm³/mol. The number of nitrogens with one attached hydrogen (secondary N) is 1. The van der Waals surface area contributed by atoms with Crippen LogP contribution in [0.15, 0.2) is 82.6 Å². The number of hydrogen-bond acceptors (Lipinski definition) is 5. The van der Waals surface area contributed by atoms with Crippen molar-refractivity contribution in [2.75, 3.05) is 0 Å². The minimum Gasteiger partial charge on any atom is -0.491 e. The topological polar surface area (TPSA) is 135 Å². The Morgan fingerprint density at radius 2 is 1.97 bits per heavy atom. The number of H-pyrrole nitrogens is 1. The summed E-state index contributed by atoms with van der Waals surface area (Å²) in [4.78, 5) is 31.8. The zero-order valence-electron chi connectivity index (χ0n) is 19.5. The van der Waals surface area contributed by atoms with Crippen molar-refractivity contribution in [3.05, 3.63) is 111 Å². The lowest BCUT2D eigenvalue weighted by Crippen LogP contribution is -2.39. The molecule has 2 aromatic heterocycles. The molecule has 2 heterocycles. The molecule has 0 aliphatic heterocycles. The Morgan fingerprint density at radius 1 is 1.22 bits per heavy atom. The number of alkyl halides is 1. The minimum absolute atomic E-state index is 0.00269. The zero-order valence-corrected chi connectivity index (χ0v) is 20.2. The van der Waals surface area contributed by atoms with Crippen LogP contribution in [-0.2, 0) is 27.5 Å². The van der Waals surface area contributed by atoms with Gasteiger partial charge in [0.15, 0.2) is 0 Å². The van der Waals surface area contributed by atoms with Crippen molar-refractivity contribution in [3.63, 3.8) is 0 Å². The van der Waals surface area contributed by atoms with E-state index in [9.17, 15) is 28.3 Å². The molecule has 0 radical (unpaired) electrons. The molecule has 3 aromatic rings. The number of ether oxygens (including phenoxy) is 1. The van der Waals surface area contributed by atoms with Crippen LogP contribution < -0.4 is 5.56 Å². The van der Waals surface area contributed by atoms with Crippen LogP contribution in [0.4, 0.5) is 8.78 Å². The average molecular weight is 534 g/mol. The molecular weight excluding hydrogens is 512 g/mol. The maximum atomic E-state index is 13.6. The Kier molecular flexibility index (Phi) is 8.61. The Bertz CT molecular complexity index is 1420. The molecule has 1 aliphatic rings. The highest BCUT2D eigenvalue weighted by Crippen LogP contribution is 2.39. The number of aliphatic carboxylic acids is 2. The molecule has 0 saturated heterocycles. The summed E-state index contributed by atoms with van der Waals surface area (Å²) in [5, 5.41) is 25.1. The molecule has 0 fully saturated rings. The number of carbonyl (C=O) groups is 2. The lowest BCUT2D eigenvalue weighted by atomic mass is 9.87. The minimum atomic E-state index is -2.11. The lowest BCUT2D eigenvalue weighted by molar-refractivity contribution is -0.140. The number of carboxylic acid groups (broad SMARTS) is 2. The molecule has 9 nitrogen and oxygen atoms in total. The highest BCUT2D eigenvalue weighted by Gasteiger charge is 2.46. The van der Waals surface area contributed by atoms with Gasteiger partial charge in [-0.2, -0.15) is 5.10 Å². The Labute approximate surface area is 214 Å². The first-order valence-electron chi connectivity index (χ1n) is 10.8. The Balaban J connectivity index is 0.000000244. The van der Waals surface area contributed by atoms with E-state index in [-0.39, 0.29) is 34.6 Å². The summed E-state index contributed by atoms with van der Waals surface area (Å²) in [7, 11) is 0. The van der Waals surface area contributed by atoms with Gasteiger partial charge in [0.05, 0.1) is 12.2 Å². The molecule has 12 heteroatoms. The molecule has 0 bridgehead atoms. The average Bonchev–Trinajstić information content (AvgIpc) is 3.35. The third kappa shape index (κ3) is 6.70. The van der Waals surface area contributed by atoms with Crippen LogP contribution >= 0.6 is 11.6 Å². The molecule has 0 spiro atoms. The molecule has 0 amide bonds. The van der Waals surface area contributed by atoms with E-state index in [2.05, 4.69) is 10.2 Å². The largest absolute Gasteiger partial charge is 0.491 e. The number of benzene rings is 1. The van der Waals surface area contributed by atoms with Crippen molar-refractivity contribution in [3.8, 4) is 0 Å². The van der Waals surface area contributed by atoms with Crippen LogP contribution in [0.5, 0.6) is 0 Å². The summed E-state index contributed by atoms with van der Waals surface area (Å²) in [6, 6.07) is 9.82. The Morgan fingerprint density at radius 3 is 2.57 bits per heavy atom. The second-order valence-electron chi connectivity index (χ2n) is 8.03. The van der Waals surface area contributed by atoms with Crippen molar-refractivity contribution in [1.29, 1.82) is 0 Å². The van der Waals surface area contributed by atoms with Gasteiger partial charge in [-0.25, -0.2) is 18.4 Å². The molecule has 0 saturated carbocycles. The fourth-order valence-electron chi connectivity index (χ4n) is 3.39. The quantitative estimate of drug-likeness (QED) is 0.393. The zero-order chi connectivity index (χ0) is 27.2. The number of aromatic amines is 1. The van der Waals surface area contributed by atoms with Crippen molar-refractivity contribution in [1.82, 2.24) is 14.8 Å². The SMILES string of the molecule is CC1=C(C(=O)O)CC(Cl)(C(=O)O)C(OCc2ccc(F)cc2F)=C1.O=c1ccccn1Cc1ccn[nH]1. The lowest BCUT2D eigenvalue weighted by Gasteiger charge is -2.29. The number of hydrogen-bond donors (Lipinski definition) is 3. The molecule has 4 rings (SSSR count). The van der Waals surface area contributed by atoms with Crippen molar-refractivity contribution >= 4 is 23.5 Å². The molecule has 1 atom stereocenters. The van der Waals surface area contributed by atoms with E-state index >= 15 is 0 Å². The van der Waals surface area contributed by atoms with Crippen molar-refractivity contribution < 1.29 is 33.3 Å². The van der Waals surface area contributed by atoms with Crippen LogP contribution in [0, 0.1) is 11.6 Å². The summed E-state index contributed by atoms with van der Waals surface area (Å²) < 4.78 is 33.5. The number of allylic oxidation sites excluding steroid dienone is 2. The van der Waals surface area contributed by atoms with Gasteiger partial charge in [-0.3, -0.25) is 9.89 Å². The number of aromatic nitrogens is 3. The van der Waals surface area contributed by atoms with Gasteiger partial charge >= 0.3 is 11.9 Å². The third-order valence-electron chi connectivity index (χ3n) is 5.43. The molecule has 3 N–H and O–H groups in total. The van der Waals surface area contributed by atoms with Crippen LogP contribution in [0.3, 0.4) is 0 Å². The van der Waals surface area contributed by atoms with E-state index in [4.69, 9.17) is 21.4 Å². The van der Waals surface area contributed by atoms with E-state index in [0.717, 1.165) is 17.8 Å². The summed E-state index contributed by atoms with van der Waals surface area (Å²) >= 11 is 6.07. The summed E-state index contributed by atoms with van der Waals surface area (Å²) in [6.45, 7) is 1.64. The molecular formula is C25H22ClF2N3O6. The Hall–Kier alpha value is -4.25. The summed E-state index contributed by atoms with van der Waals surface area (Å²) in [5.41, 5.74) is 1.07. The van der Waals surface area contributed by atoms with Gasteiger partial charge in [0.1, 0.15) is 24.0 Å². The number of rotatable bonds is 7. The number of halogens is 3. The van der Waals surface area contributed by atoms with Gasteiger partial charge in [0, 0.05) is 42.1 Å². The molecule has 1 unspecified atom stereocenters. The predicted octanol–water partition coefficient (Wildman–Crippen LogP) is 3.85. The molecule has 37 heavy (non-hydrogen) atoms. The molecule has 1 aromatic carbocycles. The monoisotopic (exact) mass is 533 g/mol. The number of pyridine rings is 1.